The van der Waals surface area contributed by atoms with Gasteiger partial charge in [-0.3, -0.25) is 15.3 Å². The molecule has 0 bridgehead atoms. The minimum absolute atomic E-state index is 0.159. The number of nitrogens with two attached hydrogens (primary N) is 2. The Morgan fingerprint density at radius 2 is 1.92 bits per heavy atom. The topological polar surface area (TPSA) is 88.8 Å². The number of rotatable bonds is 2. The molecule has 12 heavy (non-hydrogen) atoms. The van der Waals surface area contributed by atoms with Gasteiger partial charge in [-0.25, -0.2) is 0 Å². The highest BCUT2D eigenvalue weighted by molar-refractivity contribution is 5.97. The van der Waals surface area contributed by atoms with E-state index in [2.05, 4.69) is 15.3 Å². The van der Waals surface area contributed by atoms with Crippen molar-refractivity contribution in [3.63, 3.8) is 0 Å². The van der Waals surface area contributed by atoms with Gasteiger partial charge in [-0.05, 0) is 20.8 Å². The highest BCUT2D eigenvalue weighted by atomic mass is 15.2. The molecule has 0 aliphatic heterocycles. The van der Waals surface area contributed by atoms with Crippen LogP contribution >= 0.6 is 0 Å². The molecule has 0 heterocycles. The van der Waals surface area contributed by atoms with Crippen LogP contribution in [0.4, 0.5) is 0 Å². The molecule has 5 N–H and O–H groups in total. The first-order valence-electron chi connectivity index (χ1n) is 3.96. The zero-order chi connectivity index (χ0) is 9.56. The smallest absolute Gasteiger partial charge is 0.195 e. The first-order valence-corrected chi connectivity index (χ1v) is 3.96. The maximum absolute atomic E-state index is 5.48. The van der Waals surface area contributed by atoms with Crippen molar-refractivity contribution in [3.8, 4) is 0 Å². The van der Waals surface area contributed by atoms with Crippen LogP contribution in [0.1, 0.15) is 20.8 Å². The lowest BCUT2D eigenvalue weighted by Gasteiger charge is -2.04. The van der Waals surface area contributed by atoms with Gasteiger partial charge < -0.3 is 11.5 Å². The van der Waals surface area contributed by atoms with Crippen molar-refractivity contribution in [2.75, 3.05) is 6.54 Å². The quantitative estimate of drug-likeness (QED) is 0.391. The van der Waals surface area contributed by atoms with E-state index in [1.807, 2.05) is 20.8 Å². The molecule has 70 valence electrons. The Bertz CT molecular complexity index is 182. The van der Waals surface area contributed by atoms with Gasteiger partial charge in [0.2, 0.25) is 0 Å². The molecule has 0 saturated carbocycles. The predicted molar refractivity (Wildman–Crippen MR) is 52.1 cm³/mol. The van der Waals surface area contributed by atoms with Gasteiger partial charge in [0.05, 0.1) is 0 Å². The summed E-state index contributed by atoms with van der Waals surface area (Å²) in [6, 6.07) is 0.159. The number of hydrogen-bond acceptors (Lipinski definition) is 2. The fraction of sp³-hybridized carbons (Fsp3) is 0.714. The maximum atomic E-state index is 5.48. The second kappa shape index (κ2) is 5.40. The molecule has 0 aromatic carbocycles. The van der Waals surface area contributed by atoms with Crippen LogP contribution in [0.5, 0.6) is 0 Å². The number of aliphatic imine (C=N–C) groups is 2. The van der Waals surface area contributed by atoms with E-state index in [-0.39, 0.29) is 6.04 Å². The molecule has 0 aromatic rings. The lowest BCUT2D eigenvalue weighted by Crippen LogP contribution is -2.42. The van der Waals surface area contributed by atoms with Crippen LogP contribution in [0.15, 0.2) is 9.98 Å². The summed E-state index contributed by atoms with van der Waals surface area (Å²) in [4.78, 5) is 7.92. The van der Waals surface area contributed by atoms with Gasteiger partial charge >= 0.3 is 0 Å². The van der Waals surface area contributed by atoms with Crippen LogP contribution < -0.4 is 16.8 Å². The van der Waals surface area contributed by atoms with E-state index < -0.39 is 0 Å². The standard InChI is InChI=1S/C7H17N5/c1-4-10-6(8)12-7(9)11-5(2)3/h5H,4H2,1-3H3,(H5,8,9,10,11,12). The molecule has 0 aliphatic carbocycles. The van der Waals surface area contributed by atoms with Gasteiger partial charge in [-0.2, -0.15) is 0 Å². The van der Waals surface area contributed by atoms with Crippen molar-refractivity contribution in [1.82, 2.24) is 5.32 Å². The molecule has 0 aliphatic rings. The van der Waals surface area contributed by atoms with Crippen LogP contribution in [-0.2, 0) is 0 Å². The third-order valence-electron chi connectivity index (χ3n) is 0.982. The third kappa shape index (κ3) is 5.52. The summed E-state index contributed by atoms with van der Waals surface area (Å²) in [7, 11) is 0. The molecule has 0 amide bonds. The zero-order valence-corrected chi connectivity index (χ0v) is 7.83. The maximum Gasteiger partial charge on any atom is 0.195 e. The van der Waals surface area contributed by atoms with E-state index >= 15 is 0 Å². The molecular formula is C7H17N5. The van der Waals surface area contributed by atoms with Gasteiger partial charge in [0.1, 0.15) is 0 Å². The average Bonchev–Trinajstić information content (AvgIpc) is 1.84. The highest BCUT2D eigenvalue weighted by Crippen LogP contribution is 1.82. The Hall–Kier alpha value is -1.26. The molecule has 0 saturated heterocycles. The molecule has 5 nitrogen and oxygen atoms in total. The van der Waals surface area contributed by atoms with Gasteiger partial charge in [-0.1, -0.05) is 0 Å². The van der Waals surface area contributed by atoms with Gasteiger partial charge in [0, 0.05) is 12.6 Å². The third-order valence-corrected chi connectivity index (χ3v) is 0.982. The van der Waals surface area contributed by atoms with Crippen molar-refractivity contribution >= 4 is 11.9 Å². The van der Waals surface area contributed by atoms with Crippen molar-refractivity contribution < 1.29 is 0 Å². The SMILES string of the molecule is CCN=C(N)NC(N)=NC(C)C. The second-order valence-electron chi connectivity index (χ2n) is 2.59. The lowest BCUT2D eigenvalue weighted by atomic mass is 10.4. The highest BCUT2D eigenvalue weighted by Gasteiger charge is 1.94. The summed E-state index contributed by atoms with van der Waals surface area (Å²) in [5.74, 6) is 0.610. The van der Waals surface area contributed by atoms with Crippen LogP contribution in [0, 0.1) is 0 Å². The molecule has 0 aromatic heterocycles. The Balaban J connectivity index is 4.00. The van der Waals surface area contributed by atoms with Gasteiger partial charge in [-0.15, -0.1) is 0 Å². The number of nitrogens with zero attached hydrogens (tertiary/aromatic N) is 2. The minimum atomic E-state index is 0.159. The van der Waals surface area contributed by atoms with Crippen molar-refractivity contribution in [1.29, 1.82) is 0 Å². The second-order valence-corrected chi connectivity index (χ2v) is 2.59. The lowest BCUT2D eigenvalue weighted by molar-refractivity contribution is 0.827. The summed E-state index contributed by atoms with van der Waals surface area (Å²) in [6.07, 6.45) is 0. The summed E-state index contributed by atoms with van der Waals surface area (Å²) >= 11 is 0. The molecule has 0 atom stereocenters. The minimum Gasteiger partial charge on any atom is -0.370 e. The zero-order valence-electron chi connectivity index (χ0n) is 7.83. The van der Waals surface area contributed by atoms with E-state index in [9.17, 15) is 0 Å². The molecule has 0 rings (SSSR count). The van der Waals surface area contributed by atoms with E-state index in [4.69, 9.17) is 11.5 Å². The summed E-state index contributed by atoms with van der Waals surface area (Å²) in [5.41, 5.74) is 10.9. The largest absolute Gasteiger partial charge is 0.370 e. The molecule has 0 fully saturated rings. The average molecular weight is 171 g/mol. The number of nitrogens with one attached hydrogen (secondary N) is 1. The summed E-state index contributed by atoms with van der Waals surface area (Å²) in [5, 5.41) is 2.67. The van der Waals surface area contributed by atoms with E-state index in [1.165, 1.54) is 0 Å². The van der Waals surface area contributed by atoms with Crippen molar-refractivity contribution in [2.45, 2.75) is 26.8 Å². The Kier molecular flexibility index (Phi) is 4.83. The molecule has 5 heteroatoms. The molecular weight excluding hydrogens is 154 g/mol. The van der Waals surface area contributed by atoms with E-state index in [0.29, 0.717) is 18.5 Å². The van der Waals surface area contributed by atoms with Crippen molar-refractivity contribution in [3.05, 3.63) is 0 Å². The van der Waals surface area contributed by atoms with E-state index in [1.54, 1.807) is 0 Å². The Labute approximate surface area is 72.9 Å². The molecule has 0 unspecified atom stereocenters. The van der Waals surface area contributed by atoms with Gasteiger partial charge in [0.25, 0.3) is 0 Å². The van der Waals surface area contributed by atoms with Crippen LogP contribution in [0.2, 0.25) is 0 Å². The first-order chi connectivity index (χ1) is 5.56. The predicted octanol–water partition coefficient (Wildman–Crippen LogP) is -0.366. The fourth-order valence-electron chi connectivity index (χ4n) is 0.652. The fourth-order valence-corrected chi connectivity index (χ4v) is 0.652. The monoisotopic (exact) mass is 171 g/mol. The first kappa shape index (κ1) is 10.7. The van der Waals surface area contributed by atoms with Crippen LogP contribution in [0.3, 0.4) is 0 Å². The summed E-state index contributed by atoms with van der Waals surface area (Å²) < 4.78 is 0. The number of guanidine groups is 2. The molecule has 0 spiro atoms. The van der Waals surface area contributed by atoms with E-state index in [0.717, 1.165) is 0 Å². The number of hydrogen-bond donors (Lipinski definition) is 3. The van der Waals surface area contributed by atoms with Crippen LogP contribution in [-0.4, -0.2) is 24.5 Å². The molecule has 0 radical (unpaired) electrons. The van der Waals surface area contributed by atoms with Crippen LogP contribution in [0.25, 0.3) is 0 Å². The Morgan fingerprint density at radius 3 is 2.33 bits per heavy atom. The summed E-state index contributed by atoms with van der Waals surface area (Å²) in [6.45, 7) is 6.39. The Morgan fingerprint density at radius 1 is 1.33 bits per heavy atom. The van der Waals surface area contributed by atoms with Crippen molar-refractivity contribution in [2.24, 2.45) is 21.5 Å². The normalized spacial score (nSPS) is 13.7. The van der Waals surface area contributed by atoms with Gasteiger partial charge in [0.15, 0.2) is 11.9 Å².